The molecule has 2 rings (SSSR count). The Balaban J connectivity index is 2.23. The van der Waals surface area contributed by atoms with Gasteiger partial charge in [-0.05, 0) is 39.2 Å². The van der Waals surface area contributed by atoms with Gasteiger partial charge in [0.05, 0.1) is 6.61 Å². The highest BCUT2D eigenvalue weighted by Gasteiger charge is 2.20. The van der Waals surface area contributed by atoms with Crippen LogP contribution in [0.3, 0.4) is 0 Å². The molecule has 0 saturated carbocycles. The van der Waals surface area contributed by atoms with Crippen LogP contribution >= 0.6 is 15.9 Å². The number of carbonyl (C=O) groups is 1. The lowest BCUT2D eigenvalue weighted by Gasteiger charge is -2.17. The van der Waals surface area contributed by atoms with Gasteiger partial charge in [-0.1, -0.05) is 36.4 Å². The van der Waals surface area contributed by atoms with Crippen molar-refractivity contribution in [2.45, 2.75) is 12.6 Å². The Morgan fingerprint density at radius 2 is 1.90 bits per heavy atom. The van der Waals surface area contributed by atoms with Crippen LogP contribution in [0, 0.1) is 0 Å². The Hall–Kier alpha value is -1.85. The Bertz CT molecular complexity index is 613. The smallest absolute Gasteiger partial charge is 0.330 e. The lowest BCUT2D eigenvalue weighted by atomic mass is 10.0. The van der Waals surface area contributed by atoms with Gasteiger partial charge in [-0.25, -0.2) is 4.79 Å². The molecule has 0 aliphatic heterocycles. The first-order valence-electron chi connectivity index (χ1n) is 6.43. The molecule has 21 heavy (non-hydrogen) atoms. The number of hydrogen-bond donors (Lipinski definition) is 2. The molecule has 0 heterocycles. The first kappa shape index (κ1) is 15.5. The first-order chi connectivity index (χ1) is 10.1. The molecule has 0 saturated heterocycles. The molecule has 2 N–H and O–H groups in total. The number of methoxy groups -OCH3 is 1. The maximum Gasteiger partial charge on any atom is 0.330 e. The molecular formula is C16H16BrNO3. The summed E-state index contributed by atoms with van der Waals surface area (Å²) in [6.07, 6.45) is 0. The van der Waals surface area contributed by atoms with E-state index in [1.165, 1.54) is 0 Å². The summed E-state index contributed by atoms with van der Waals surface area (Å²) in [5, 5.41) is 12.5. The van der Waals surface area contributed by atoms with E-state index in [0.29, 0.717) is 12.2 Å². The van der Waals surface area contributed by atoms with Gasteiger partial charge in [0.2, 0.25) is 0 Å². The highest BCUT2D eigenvalue weighted by Crippen LogP contribution is 2.26. The Morgan fingerprint density at radius 1 is 1.24 bits per heavy atom. The number of ether oxygens (including phenoxy) is 1. The molecule has 1 unspecified atom stereocenters. The van der Waals surface area contributed by atoms with Gasteiger partial charge >= 0.3 is 5.97 Å². The number of halogens is 1. The molecule has 5 heteroatoms. The van der Waals surface area contributed by atoms with Crippen LogP contribution in [0.25, 0.3) is 0 Å². The van der Waals surface area contributed by atoms with Crippen molar-refractivity contribution < 1.29 is 14.6 Å². The molecule has 0 amide bonds. The molecule has 1 atom stereocenters. The molecule has 0 aliphatic carbocycles. The van der Waals surface area contributed by atoms with E-state index in [-0.39, 0.29) is 0 Å². The van der Waals surface area contributed by atoms with Gasteiger partial charge in [0, 0.05) is 17.3 Å². The minimum absolute atomic E-state index is 0.510. The Morgan fingerprint density at radius 3 is 2.48 bits per heavy atom. The summed E-state index contributed by atoms with van der Waals surface area (Å²) in [4.78, 5) is 11.5. The minimum Gasteiger partial charge on any atom is -0.479 e. The number of benzene rings is 2. The van der Waals surface area contributed by atoms with Crippen molar-refractivity contribution in [3.63, 3.8) is 0 Å². The molecule has 0 spiro atoms. The number of para-hydroxylation sites is 1. The van der Waals surface area contributed by atoms with Crippen molar-refractivity contribution in [1.29, 1.82) is 0 Å². The first-order valence-corrected chi connectivity index (χ1v) is 7.22. The van der Waals surface area contributed by atoms with E-state index in [1.54, 1.807) is 19.2 Å². The predicted octanol–water partition coefficient (Wildman–Crippen LogP) is 3.83. The summed E-state index contributed by atoms with van der Waals surface area (Å²) >= 11 is 3.41. The maximum absolute atomic E-state index is 11.5. The number of anilines is 1. The van der Waals surface area contributed by atoms with Crippen LogP contribution in [0.1, 0.15) is 17.2 Å². The van der Waals surface area contributed by atoms with Gasteiger partial charge in [-0.2, -0.15) is 0 Å². The summed E-state index contributed by atoms with van der Waals surface area (Å²) < 4.78 is 5.88. The Labute approximate surface area is 131 Å². The molecule has 0 aromatic heterocycles. The van der Waals surface area contributed by atoms with Gasteiger partial charge in [0.15, 0.2) is 6.04 Å². The third-order valence-electron chi connectivity index (χ3n) is 3.04. The van der Waals surface area contributed by atoms with E-state index < -0.39 is 12.0 Å². The van der Waals surface area contributed by atoms with E-state index in [1.807, 2.05) is 36.4 Å². The van der Waals surface area contributed by atoms with E-state index in [2.05, 4.69) is 21.2 Å². The average Bonchev–Trinajstić information content (AvgIpc) is 2.47. The molecule has 0 aliphatic rings. The molecule has 2 aromatic rings. The van der Waals surface area contributed by atoms with Crippen molar-refractivity contribution >= 4 is 27.6 Å². The molecule has 110 valence electrons. The summed E-state index contributed by atoms with van der Waals surface area (Å²) in [5.41, 5.74) is 2.44. The molecule has 0 bridgehead atoms. The Kier molecular flexibility index (Phi) is 5.36. The quantitative estimate of drug-likeness (QED) is 0.831. The number of aliphatic carboxylic acids is 1. The fraction of sp³-hybridized carbons (Fsp3) is 0.188. The van der Waals surface area contributed by atoms with Crippen molar-refractivity contribution in [2.75, 3.05) is 12.4 Å². The van der Waals surface area contributed by atoms with E-state index in [9.17, 15) is 9.90 Å². The molecule has 0 radical (unpaired) electrons. The minimum atomic E-state index is -0.926. The second kappa shape index (κ2) is 7.24. The maximum atomic E-state index is 11.5. The average molecular weight is 350 g/mol. The van der Waals surface area contributed by atoms with E-state index >= 15 is 0 Å². The lowest BCUT2D eigenvalue weighted by molar-refractivity contribution is -0.138. The number of rotatable bonds is 6. The van der Waals surface area contributed by atoms with Crippen LogP contribution in [0.5, 0.6) is 0 Å². The largest absolute Gasteiger partial charge is 0.479 e. The third kappa shape index (κ3) is 4.06. The van der Waals surface area contributed by atoms with Crippen LogP contribution < -0.4 is 5.32 Å². The summed E-state index contributed by atoms with van der Waals surface area (Å²) in [5.74, 6) is -0.926. The molecule has 0 fully saturated rings. The molecule has 2 aromatic carbocycles. The van der Waals surface area contributed by atoms with Crippen molar-refractivity contribution in [3.05, 3.63) is 64.1 Å². The fourth-order valence-electron chi connectivity index (χ4n) is 1.99. The molecule has 4 nitrogen and oxygen atoms in total. The summed E-state index contributed by atoms with van der Waals surface area (Å²) in [7, 11) is 1.63. The van der Waals surface area contributed by atoms with E-state index in [0.717, 1.165) is 15.7 Å². The van der Waals surface area contributed by atoms with Gasteiger partial charge in [0.1, 0.15) is 0 Å². The third-order valence-corrected chi connectivity index (χ3v) is 3.74. The van der Waals surface area contributed by atoms with Crippen LogP contribution in [-0.4, -0.2) is 18.2 Å². The van der Waals surface area contributed by atoms with Crippen LogP contribution in [-0.2, 0) is 16.1 Å². The van der Waals surface area contributed by atoms with Gasteiger partial charge in [0.25, 0.3) is 0 Å². The molecular weight excluding hydrogens is 334 g/mol. The fourth-order valence-corrected chi connectivity index (χ4v) is 2.39. The van der Waals surface area contributed by atoms with Crippen molar-refractivity contribution in [2.24, 2.45) is 0 Å². The van der Waals surface area contributed by atoms with Gasteiger partial charge in [-0.15, -0.1) is 0 Å². The zero-order chi connectivity index (χ0) is 15.2. The van der Waals surface area contributed by atoms with Crippen LogP contribution in [0.15, 0.2) is 53.0 Å². The second-order valence-electron chi connectivity index (χ2n) is 4.57. The second-order valence-corrected chi connectivity index (χ2v) is 5.42. The zero-order valence-electron chi connectivity index (χ0n) is 11.5. The normalized spacial score (nSPS) is 11.9. The summed E-state index contributed by atoms with van der Waals surface area (Å²) in [6, 6.07) is 14.0. The highest BCUT2D eigenvalue weighted by molar-refractivity contribution is 9.10. The summed E-state index contributed by atoms with van der Waals surface area (Å²) in [6.45, 7) is 0.510. The van der Waals surface area contributed by atoms with Crippen LogP contribution in [0.2, 0.25) is 0 Å². The standard InChI is InChI=1S/C16H16BrNO3/c1-21-10-11-6-8-12(9-7-11)15(16(19)20)18-14-5-3-2-4-13(14)17/h2-9,15,18H,10H2,1H3,(H,19,20). The van der Waals surface area contributed by atoms with Crippen LogP contribution in [0.4, 0.5) is 5.69 Å². The monoisotopic (exact) mass is 349 g/mol. The topological polar surface area (TPSA) is 58.6 Å². The van der Waals surface area contributed by atoms with Crippen molar-refractivity contribution in [3.8, 4) is 0 Å². The van der Waals surface area contributed by atoms with Gasteiger partial charge in [-0.3, -0.25) is 0 Å². The zero-order valence-corrected chi connectivity index (χ0v) is 13.1. The highest BCUT2D eigenvalue weighted by atomic mass is 79.9. The number of carboxylic acids is 1. The number of nitrogens with one attached hydrogen (secondary N) is 1. The van der Waals surface area contributed by atoms with Gasteiger partial charge < -0.3 is 15.2 Å². The number of hydrogen-bond acceptors (Lipinski definition) is 3. The van der Waals surface area contributed by atoms with Crippen molar-refractivity contribution in [1.82, 2.24) is 0 Å². The van der Waals surface area contributed by atoms with E-state index in [4.69, 9.17) is 4.74 Å². The SMILES string of the molecule is COCc1ccc(C(Nc2ccccc2Br)C(=O)O)cc1. The number of carboxylic acid groups (broad SMARTS) is 1. The lowest BCUT2D eigenvalue weighted by Crippen LogP contribution is -2.20. The predicted molar refractivity (Wildman–Crippen MR) is 85.3 cm³/mol.